The molecular weight excluding hydrogens is 144 g/mol. The lowest BCUT2D eigenvalue weighted by Gasteiger charge is -2.21. The van der Waals surface area contributed by atoms with E-state index in [0.29, 0.717) is 11.8 Å². The Morgan fingerprint density at radius 2 is 1.40 bits per heavy atom. The van der Waals surface area contributed by atoms with Crippen molar-refractivity contribution in [1.82, 2.24) is 0 Å². The van der Waals surface area contributed by atoms with Gasteiger partial charge in [-0.2, -0.15) is 0 Å². The molecule has 0 aromatic carbocycles. The Kier molecular flexibility index (Phi) is 3.87. The van der Waals surface area contributed by atoms with Gasteiger partial charge in [0, 0.05) is 5.92 Å². The second kappa shape index (κ2) is 3.91. The van der Waals surface area contributed by atoms with Crippen molar-refractivity contribution in [2.24, 2.45) is 17.8 Å². The molecule has 0 spiro atoms. The molecule has 10 heavy (non-hydrogen) atoms. The van der Waals surface area contributed by atoms with Crippen LogP contribution in [0.3, 0.4) is 0 Å². The SMILES string of the molecule is CC(C)C(C(O)=S)C(C)C. The fourth-order valence-electron chi connectivity index (χ4n) is 1.34. The molecule has 0 heterocycles. The summed E-state index contributed by atoms with van der Waals surface area (Å²) in [6.45, 7) is 8.31. The van der Waals surface area contributed by atoms with E-state index in [1.54, 1.807) is 0 Å². The molecule has 0 bridgehead atoms. The lowest BCUT2D eigenvalue weighted by Crippen LogP contribution is -2.23. The van der Waals surface area contributed by atoms with Crippen LogP contribution in [0.5, 0.6) is 0 Å². The maximum Gasteiger partial charge on any atom is 0.160 e. The van der Waals surface area contributed by atoms with Gasteiger partial charge in [-0.15, -0.1) is 0 Å². The number of thiocarbonyl (C=S) groups is 1. The van der Waals surface area contributed by atoms with E-state index in [2.05, 4.69) is 27.7 Å². The highest BCUT2D eigenvalue weighted by Gasteiger charge is 2.21. The van der Waals surface area contributed by atoms with Crippen LogP contribution in [0.15, 0.2) is 0 Å². The highest BCUT2D eigenvalue weighted by molar-refractivity contribution is 7.80. The van der Waals surface area contributed by atoms with Gasteiger partial charge in [0.2, 0.25) is 0 Å². The van der Waals surface area contributed by atoms with Crippen molar-refractivity contribution in [3.05, 3.63) is 0 Å². The van der Waals surface area contributed by atoms with Crippen molar-refractivity contribution in [2.75, 3.05) is 0 Å². The van der Waals surface area contributed by atoms with Crippen LogP contribution in [0.1, 0.15) is 27.7 Å². The number of aliphatic hydroxyl groups is 1. The maximum absolute atomic E-state index is 9.08. The molecule has 0 rings (SSSR count). The largest absolute Gasteiger partial charge is 0.502 e. The molecule has 0 aliphatic heterocycles. The third-order valence-electron chi connectivity index (χ3n) is 1.72. The van der Waals surface area contributed by atoms with Gasteiger partial charge in [-0.05, 0) is 24.1 Å². The van der Waals surface area contributed by atoms with Crippen LogP contribution >= 0.6 is 12.2 Å². The normalized spacial score (nSPS) is 11.5. The fraction of sp³-hybridized carbons (Fsp3) is 0.875. The van der Waals surface area contributed by atoms with E-state index in [-0.39, 0.29) is 11.0 Å². The summed E-state index contributed by atoms with van der Waals surface area (Å²) in [5.41, 5.74) is 0. The highest BCUT2D eigenvalue weighted by Crippen LogP contribution is 2.20. The Hall–Kier alpha value is -0.110. The molecule has 0 aliphatic carbocycles. The topological polar surface area (TPSA) is 20.2 Å². The predicted octanol–water partition coefficient (Wildman–Crippen LogP) is 2.80. The first-order valence-electron chi connectivity index (χ1n) is 3.69. The molecule has 0 amide bonds. The van der Waals surface area contributed by atoms with Gasteiger partial charge in [0.05, 0.1) is 0 Å². The Balaban J connectivity index is 4.12. The molecule has 0 radical (unpaired) electrons. The molecule has 0 fully saturated rings. The summed E-state index contributed by atoms with van der Waals surface area (Å²) in [5, 5.41) is 9.24. The Morgan fingerprint density at radius 1 is 1.10 bits per heavy atom. The number of hydrogen-bond acceptors (Lipinski definition) is 1. The molecule has 0 aromatic heterocycles. The van der Waals surface area contributed by atoms with Crippen LogP contribution < -0.4 is 0 Å². The number of aliphatic hydroxyl groups excluding tert-OH is 1. The summed E-state index contributed by atoms with van der Waals surface area (Å²) >= 11 is 4.72. The molecule has 0 aromatic rings. The summed E-state index contributed by atoms with van der Waals surface area (Å²) < 4.78 is 0. The van der Waals surface area contributed by atoms with E-state index in [1.807, 2.05) is 0 Å². The van der Waals surface area contributed by atoms with Gasteiger partial charge in [0.25, 0.3) is 0 Å². The Morgan fingerprint density at radius 3 is 1.40 bits per heavy atom. The molecule has 2 heteroatoms. The van der Waals surface area contributed by atoms with Crippen LogP contribution in [-0.4, -0.2) is 10.2 Å². The first-order chi connectivity index (χ1) is 4.46. The third-order valence-corrected chi connectivity index (χ3v) is 1.99. The lowest BCUT2D eigenvalue weighted by atomic mass is 9.86. The molecule has 0 unspecified atom stereocenters. The number of rotatable bonds is 3. The molecule has 0 saturated heterocycles. The quantitative estimate of drug-likeness (QED) is 0.641. The first kappa shape index (κ1) is 9.89. The van der Waals surface area contributed by atoms with Gasteiger partial charge in [-0.3, -0.25) is 0 Å². The minimum atomic E-state index is 0.157. The molecule has 1 N–H and O–H groups in total. The second-order valence-electron chi connectivity index (χ2n) is 3.35. The van der Waals surface area contributed by atoms with Crippen molar-refractivity contribution in [3.8, 4) is 0 Å². The van der Waals surface area contributed by atoms with Crippen molar-refractivity contribution >= 4 is 17.3 Å². The van der Waals surface area contributed by atoms with Crippen molar-refractivity contribution in [3.63, 3.8) is 0 Å². The summed E-state index contributed by atoms with van der Waals surface area (Å²) in [7, 11) is 0. The zero-order valence-corrected chi connectivity index (χ0v) is 7.90. The number of hydrogen-bond donors (Lipinski definition) is 1. The average Bonchev–Trinajstić information content (AvgIpc) is 1.59. The average molecular weight is 160 g/mol. The third kappa shape index (κ3) is 2.65. The predicted molar refractivity (Wildman–Crippen MR) is 48.4 cm³/mol. The van der Waals surface area contributed by atoms with E-state index in [9.17, 15) is 0 Å². The summed E-state index contributed by atoms with van der Waals surface area (Å²) in [6, 6.07) is 0. The monoisotopic (exact) mass is 160 g/mol. The highest BCUT2D eigenvalue weighted by atomic mass is 32.1. The van der Waals surface area contributed by atoms with Gasteiger partial charge in [0.15, 0.2) is 5.05 Å². The van der Waals surface area contributed by atoms with E-state index in [4.69, 9.17) is 17.3 Å². The van der Waals surface area contributed by atoms with Crippen LogP contribution in [0.25, 0.3) is 0 Å². The van der Waals surface area contributed by atoms with Gasteiger partial charge in [-0.1, -0.05) is 27.7 Å². The van der Waals surface area contributed by atoms with Crippen LogP contribution in [0.4, 0.5) is 0 Å². The van der Waals surface area contributed by atoms with Crippen LogP contribution in [0.2, 0.25) is 0 Å². The smallest absolute Gasteiger partial charge is 0.160 e. The molecule has 0 atom stereocenters. The zero-order chi connectivity index (χ0) is 8.31. The summed E-state index contributed by atoms with van der Waals surface area (Å²) in [6.07, 6.45) is 0. The first-order valence-corrected chi connectivity index (χ1v) is 4.10. The van der Waals surface area contributed by atoms with Crippen molar-refractivity contribution < 1.29 is 5.11 Å². The molecule has 1 nitrogen and oxygen atoms in total. The van der Waals surface area contributed by atoms with Crippen molar-refractivity contribution in [2.45, 2.75) is 27.7 Å². The zero-order valence-electron chi connectivity index (χ0n) is 7.09. The van der Waals surface area contributed by atoms with Gasteiger partial charge >= 0.3 is 0 Å². The minimum Gasteiger partial charge on any atom is -0.502 e. The van der Waals surface area contributed by atoms with E-state index in [1.165, 1.54) is 0 Å². The van der Waals surface area contributed by atoms with E-state index in [0.717, 1.165) is 0 Å². The van der Waals surface area contributed by atoms with Crippen LogP contribution in [-0.2, 0) is 0 Å². The van der Waals surface area contributed by atoms with Gasteiger partial charge in [-0.25, -0.2) is 0 Å². The minimum absolute atomic E-state index is 0.157. The molecule has 60 valence electrons. The fourth-order valence-corrected chi connectivity index (χ4v) is 1.88. The lowest BCUT2D eigenvalue weighted by molar-refractivity contribution is 0.338. The van der Waals surface area contributed by atoms with E-state index >= 15 is 0 Å². The van der Waals surface area contributed by atoms with Gasteiger partial charge < -0.3 is 5.11 Å². The van der Waals surface area contributed by atoms with Crippen LogP contribution in [0, 0.1) is 17.8 Å². The second-order valence-corrected chi connectivity index (χ2v) is 3.77. The molecular formula is C8H16OS. The molecule has 0 saturated carbocycles. The Labute approximate surface area is 68.4 Å². The van der Waals surface area contributed by atoms with Crippen molar-refractivity contribution in [1.29, 1.82) is 0 Å². The van der Waals surface area contributed by atoms with Gasteiger partial charge in [0.1, 0.15) is 0 Å². The summed E-state index contributed by atoms with van der Waals surface area (Å²) in [4.78, 5) is 0. The molecule has 0 aliphatic rings. The maximum atomic E-state index is 9.08. The summed E-state index contributed by atoms with van der Waals surface area (Å²) in [5.74, 6) is 1.06. The van der Waals surface area contributed by atoms with E-state index < -0.39 is 0 Å². The Bertz CT molecular complexity index is 110. The standard InChI is InChI=1S/C8H16OS/c1-5(2)7(6(3)4)8(9)10/h5-7H,1-4H3,(H,9,10).